The van der Waals surface area contributed by atoms with Gasteiger partial charge < -0.3 is 9.47 Å². The highest BCUT2D eigenvalue weighted by atomic mass is 19.4. The molecule has 2 unspecified atom stereocenters. The van der Waals surface area contributed by atoms with Crippen LogP contribution in [0.1, 0.15) is 31.2 Å². The minimum Gasteiger partial charge on any atom is -0.490 e. The Morgan fingerprint density at radius 2 is 2.09 bits per heavy atom. The molecule has 1 aromatic heterocycles. The molecule has 128 valence electrons. The molecular weight excluding hydrogens is 311 g/mol. The van der Waals surface area contributed by atoms with Gasteiger partial charge in [-0.25, -0.2) is 0 Å². The van der Waals surface area contributed by atoms with E-state index >= 15 is 0 Å². The van der Waals surface area contributed by atoms with E-state index in [1.807, 2.05) is 0 Å². The van der Waals surface area contributed by atoms with Crippen LogP contribution in [0, 0.1) is 0 Å². The number of hydrogen-bond acceptors (Lipinski definition) is 5. The van der Waals surface area contributed by atoms with E-state index in [1.165, 1.54) is 0 Å². The van der Waals surface area contributed by atoms with E-state index in [2.05, 4.69) is 15.1 Å². The Balaban J connectivity index is 1.68. The van der Waals surface area contributed by atoms with Gasteiger partial charge in [0.15, 0.2) is 5.75 Å². The quantitative estimate of drug-likeness (QED) is 0.830. The maximum Gasteiger partial charge on any atom is 0.421 e. The van der Waals surface area contributed by atoms with Crippen LogP contribution >= 0.6 is 0 Å². The summed E-state index contributed by atoms with van der Waals surface area (Å²) in [5, 5.41) is 6.81. The third-order valence-electron chi connectivity index (χ3n) is 4.88. The van der Waals surface area contributed by atoms with Gasteiger partial charge in [0.25, 0.3) is 0 Å². The molecule has 5 nitrogen and oxygen atoms in total. The first-order valence-electron chi connectivity index (χ1n) is 7.73. The Labute approximate surface area is 132 Å². The summed E-state index contributed by atoms with van der Waals surface area (Å²) in [5.74, 6) is -0.254. The molecule has 1 aromatic rings. The first kappa shape index (κ1) is 16.4. The van der Waals surface area contributed by atoms with E-state index in [1.54, 1.807) is 7.11 Å². The van der Waals surface area contributed by atoms with Gasteiger partial charge in [0.2, 0.25) is 0 Å². The summed E-state index contributed by atoms with van der Waals surface area (Å²) in [6.45, 7) is 1.83. The zero-order valence-electron chi connectivity index (χ0n) is 13.0. The highest BCUT2D eigenvalue weighted by molar-refractivity contribution is 5.30. The highest BCUT2D eigenvalue weighted by Crippen LogP contribution is 2.43. The molecule has 2 fully saturated rings. The SMILES string of the molecule is COCC12CCCN1C(COc1cnncc1C(F)(F)F)CC2. The standard InChI is InChI=1S/C15H20F3N3O2/c1-22-10-14-4-2-6-21(14)11(3-5-14)9-23-13-8-20-19-7-12(13)15(16,17)18/h7-8,11H,2-6,9-10H2,1H3. The maximum absolute atomic E-state index is 13.0. The van der Waals surface area contributed by atoms with Crippen LogP contribution in [0.25, 0.3) is 0 Å². The summed E-state index contributed by atoms with van der Waals surface area (Å²) in [6, 6.07) is 0.113. The summed E-state index contributed by atoms with van der Waals surface area (Å²) in [5.41, 5.74) is -0.846. The van der Waals surface area contributed by atoms with Crippen molar-refractivity contribution < 1.29 is 22.6 Å². The summed E-state index contributed by atoms with van der Waals surface area (Å²) in [6.07, 6.45) is 1.30. The number of aromatic nitrogens is 2. The molecule has 0 aliphatic carbocycles. The van der Waals surface area contributed by atoms with Crippen LogP contribution in [0.2, 0.25) is 0 Å². The normalized spacial score (nSPS) is 28.1. The first-order chi connectivity index (χ1) is 11.0. The summed E-state index contributed by atoms with van der Waals surface area (Å²) >= 11 is 0. The Morgan fingerprint density at radius 1 is 1.30 bits per heavy atom. The number of nitrogens with zero attached hydrogens (tertiary/aromatic N) is 3. The molecule has 2 atom stereocenters. The first-order valence-corrected chi connectivity index (χ1v) is 7.73. The van der Waals surface area contributed by atoms with E-state index in [-0.39, 0.29) is 23.9 Å². The number of rotatable bonds is 5. The van der Waals surface area contributed by atoms with Crippen LogP contribution in [-0.2, 0) is 10.9 Å². The number of hydrogen-bond donors (Lipinski definition) is 0. The van der Waals surface area contributed by atoms with Crippen LogP contribution in [0.3, 0.4) is 0 Å². The Bertz CT molecular complexity index is 555. The summed E-state index contributed by atoms with van der Waals surface area (Å²) < 4.78 is 49.7. The lowest BCUT2D eigenvalue weighted by atomic mass is 9.95. The lowest BCUT2D eigenvalue weighted by Gasteiger charge is -2.34. The zero-order valence-corrected chi connectivity index (χ0v) is 13.0. The Hall–Kier alpha value is -1.41. The third kappa shape index (κ3) is 3.14. The van der Waals surface area contributed by atoms with Crippen molar-refractivity contribution in [1.82, 2.24) is 15.1 Å². The molecule has 2 aliphatic rings. The van der Waals surface area contributed by atoms with Crippen LogP contribution in [0.5, 0.6) is 5.75 Å². The van der Waals surface area contributed by atoms with Crippen LogP contribution in [0.15, 0.2) is 12.4 Å². The topological polar surface area (TPSA) is 47.5 Å². The predicted octanol–water partition coefficient (Wildman–Crippen LogP) is 2.52. The van der Waals surface area contributed by atoms with E-state index in [0.717, 1.165) is 38.4 Å². The van der Waals surface area contributed by atoms with Crippen molar-refractivity contribution >= 4 is 0 Å². The molecule has 0 N–H and O–H groups in total. The van der Waals surface area contributed by atoms with E-state index in [0.29, 0.717) is 12.8 Å². The fourth-order valence-corrected chi connectivity index (χ4v) is 3.88. The van der Waals surface area contributed by atoms with Crippen molar-refractivity contribution in [3.63, 3.8) is 0 Å². The van der Waals surface area contributed by atoms with Gasteiger partial charge in [0.05, 0.1) is 19.0 Å². The van der Waals surface area contributed by atoms with Crippen molar-refractivity contribution in [2.45, 2.75) is 43.4 Å². The van der Waals surface area contributed by atoms with Crippen molar-refractivity contribution in [2.75, 3.05) is 26.9 Å². The molecule has 0 spiro atoms. The number of alkyl halides is 3. The van der Waals surface area contributed by atoms with E-state index < -0.39 is 11.7 Å². The summed E-state index contributed by atoms with van der Waals surface area (Å²) in [7, 11) is 1.69. The van der Waals surface area contributed by atoms with Gasteiger partial charge in [-0.1, -0.05) is 0 Å². The van der Waals surface area contributed by atoms with E-state index in [4.69, 9.17) is 9.47 Å². The second-order valence-corrected chi connectivity index (χ2v) is 6.22. The average Bonchev–Trinajstić information content (AvgIpc) is 3.04. The molecule has 3 heterocycles. The number of halogens is 3. The molecule has 0 amide bonds. The van der Waals surface area contributed by atoms with Crippen LogP contribution < -0.4 is 4.74 Å². The fourth-order valence-electron chi connectivity index (χ4n) is 3.88. The van der Waals surface area contributed by atoms with Gasteiger partial charge in [0, 0.05) is 18.7 Å². The van der Waals surface area contributed by atoms with E-state index in [9.17, 15) is 13.2 Å². The fraction of sp³-hybridized carbons (Fsp3) is 0.733. The molecule has 0 bridgehead atoms. The lowest BCUT2D eigenvalue weighted by molar-refractivity contribution is -0.139. The number of fused-ring (bicyclic) bond motifs is 1. The second-order valence-electron chi connectivity index (χ2n) is 6.22. The average molecular weight is 331 g/mol. The van der Waals surface area contributed by atoms with Gasteiger partial charge in [-0.2, -0.15) is 23.4 Å². The van der Waals surface area contributed by atoms with Gasteiger partial charge in [-0.3, -0.25) is 4.90 Å². The van der Waals surface area contributed by atoms with Gasteiger partial charge in [-0.05, 0) is 32.2 Å². The third-order valence-corrected chi connectivity index (χ3v) is 4.88. The Morgan fingerprint density at radius 3 is 2.83 bits per heavy atom. The predicted molar refractivity (Wildman–Crippen MR) is 76.1 cm³/mol. The van der Waals surface area contributed by atoms with Crippen LogP contribution in [0.4, 0.5) is 13.2 Å². The molecule has 8 heteroatoms. The largest absolute Gasteiger partial charge is 0.490 e. The minimum atomic E-state index is -4.49. The lowest BCUT2D eigenvalue weighted by Crippen LogP contribution is -2.47. The van der Waals surface area contributed by atoms with Gasteiger partial charge in [-0.15, -0.1) is 0 Å². The van der Waals surface area contributed by atoms with Gasteiger partial charge in [0.1, 0.15) is 12.2 Å². The van der Waals surface area contributed by atoms with Gasteiger partial charge >= 0.3 is 6.18 Å². The molecule has 2 saturated heterocycles. The second kappa shape index (κ2) is 6.24. The molecule has 0 radical (unpaired) electrons. The highest BCUT2D eigenvalue weighted by Gasteiger charge is 2.49. The van der Waals surface area contributed by atoms with Crippen LogP contribution in [-0.4, -0.2) is 53.5 Å². The maximum atomic E-state index is 13.0. The zero-order chi connectivity index (χ0) is 16.5. The molecule has 23 heavy (non-hydrogen) atoms. The molecule has 0 aromatic carbocycles. The number of ether oxygens (including phenoxy) is 2. The summed E-state index contributed by atoms with van der Waals surface area (Å²) in [4.78, 5) is 2.35. The van der Waals surface area contributed by atoms with Crippen molar-refractivity contribution in [2.24, 2.45) is 0 Å². The molecular formula is C15H20F3N3O2. The number of methoxy groups -OCH3 is 1. The monoisotopic (exact) mass is 331 g/mol. The molecule has 2 aliphatic heterocycles. The molecule has 3 rings (SSSR count). The minimum absolute atomic E-state index is 0.0339. The Kier molecular flexibility index (Phi) is 4.46. The van der Waals surface area contributed by atoms with Crippen molar-refractivity contribution in [1.29, 1.82) is 0 Å². The van der Waals surface area contributed by atoms with Crippen molar-refractivity contribution in [3.8, 4) is 5.75 Å². The van der Waals surface area contributed by atoms with Crippen molar-refractivity contribution in [3.05, 3.63) is 18.0 Å². The molecule has 0 saturated carbocycles. The smallest absolute Gasteiger partial charge is 0.421 e.